The van der Waals surface area contributed by atoms with Crippen LogP contribution in [0.3, 0.4) is 0 Å². The van der Waals surface area contributed by atoms with E-state index in [9.17, 15) is 14.9 Å². The van der Waals surface area contributed by atoms with Gasteiger partial charge in [0.1, 0.15) is 0 Å². The van der Waals surface area contributed by atoms with E-state index in [-0.39, 0.29) is 11.6 Å². The standard InChI is InChI=1S/C18H17N3O3S/c1-12-15-4-2-3-5-16(15)25-17(12)18(22)20-11-10-19-13-6-8-14(9-7-13)21(23)24/h2-9,19H,10-11H2,1H3,(H,20,22). The highest BCUT2D eigenvalue weighted by atomic mass is 32.1. The summed E-state index contributed by atoms with van der Waals surface area (Å²) in [4.78, 5) is 23.3. The quantitative estimate of drug-likeness (QED) is 0.398. The zero-order valence-corrected chi connectivity index (χ0v) is 14.4. The summed E-state index contributed by atoms with van der Waals surface area (Å²) in [5.41, 5.74) is 1.83. The Morgan fingerprint density at radius 1 is 1.12 bits per heavy atom. The third-order valence-corrected chi connectivity index (χ3v) is 5.14. The second kappa shape index (κ2) is 7.31. The number of amides is 1. The van der Waals surface area contributed by atoms with Gasteiger partial charge in [0.25, 0.3) is 11.6 Å². The number of fused-ring (bicyclic) bond motifs is 1. The molecular formula is C18H17N3O3S. The molecule has 0 atom stereocenters. The molecule has 0 fully saturated rings. The summed E-state index contributed by atoms with van der Waals surface area (Å²) in [7, 11) is 0. The minimum absolute atomic E-state index is 0.0547. The number of nitro benzene ring substituents is 1. The number of anilines is 1. The van der Waals surface area contributed by atoms with E-state index in [4.69, 9.17) is 0 Å². The van der Waals surface area contributed by atoms with Gasteiger partial charge < -0.3 is 10.6 Å². The third-order valence-electron chi connectivity index (χ3n) is 3.87. The van der Waals surface area contributed by atoms with Crippen LogP contribution >= 0.6 is 11.3 Å². The van der Waals surface area contributed by atoms with Crippen LogP contribution in [0.15, 0.2) is 48.5 Å². The van der Waals surface area contributed by atoms with Crippen molar-refractivity contribution in [3.05, 3.63) is 69.1 Å². The highest BCUT2D eigenvalue weighted by Crippen LogP contribution is 2.30. The van der Waals surface area contributed by atoms with Gasteiger partial charge in [-0.25, -0.2) is 0 Å². The van der Waals surface area contributed by atoms with Gasteiger partial charge in [0, 0.05) is 35.6 Å². The van der Waals surface area contributed by atoms with Crippen LogP contribution in [-0.4, -0.2) is 23.9 Å². The van der Waals surface area contributed by atoms with Crippen LogP contribution in [0.2, 0.25) is 0 Å². The van der Waals surface area contributed by atoms with Crippen LogP contribution < -0.4 is 10.6 Å². The average molecular weight is 355 g/mol. The Kier molecular flexibility index (Phi) is 4.95. The first kappa shape index (κ1) is 16.9. The summed E-state index contributed by atoms with van der Waals surface area (Å²) < 4.78 is 1.11. The van der Waals surface area contributed by atoms with Crippen molar-refractivity contribution in [3.63, 3.8) is 0 Å². The largest absolute Gasteiger partial charge is 0.383 e. The molecule has 1 heterocycles. The van der Waals surface area contributed by atoms with Crippen molar-refractivity contribution in [2.24, 2.45) is 0 Å². The summed E-state index contributed by atoms with van der Waals surface area (Å²) in [5.74, 6) is -0.0794. The lowest BCUT2D eigenvalue weighted by Gasteiger charge is -2.07. The van der Waals surface area contributed by atoms with E-state index in [2.05, 4.69) is 10.6 Å². The summed E-state index contributed by atoms with van der Waals surface area (Å²) in [5, 5.41) is 17.8. The van der Waals surface area contributed by atoms with E-state index in [1.807, 2.05) is 31.2 Å². The van der Waals surface area contributed by atoms with Gasteiger partial charge in [0.15, 0.2) is 0 Å². The molecule has 0 spiro atoms. The monoisotopic (exact) mass is 355 g/mol. The first-order valence-corrected chi connectivity index (χ1v) is 8.62. The van der Waals surface area contributed by atoms with Crippen LogP contribution in [0.25, 0.3) is 10.1 Å². The zero-order chi connectivity index (χ0) is 17.8. The number of nitrogens with one attached hydrogen (secondary N) is 2. The molecule has 128 valence electrons. The molecule has 0 saturated heterocycles. The maximum absolute atomic E-state index is 12.4. The molecule has 0 aliphatic heterocycles. The molecule has 1 amide bonds. The third kappa shape index (κ3) is 3.77. The van der Waals surface area contributed by atoms with Gasteiger partial charge in [-0.1, -0.05) is 18.2 Å². The number of nitrogens with zero attached hydrogens (tertiary/aromatic N) is 1. The summed E-state index contributed by atoms with van der Waals surface area (Å²) in [6.07, 6.45) is 0. The topological polar surface area (TPSA) is 84.3 Å². The van der Waals surface area contributed by atoms with Gasteiger partial charge in [-0.3, -0.25) is 14.9 Å². The smallest absolute Gasteiger partial charge is 0.269 e. The highest BCUT2D eigenvalue weighted by Gasteiger charge is 2.14. The van der Waals surface area contributed by atoms with E-state index in [1.54, 1.807) is 12.1 Å². The lowest BCUT2D eigenvalue weighted by Crippen LogP contribution is -2.28. The second-order valence-electron chi connectivity index (χ2n) is 5.54. The molecule has 7 heteroatoms. The Morgan fingerprint density at radius 2 is 1.84 bits per heavy atom. The van der Waals surface area contributed by atoms with Crippen LogP contribution in [0.5, 0.6) is 0 Å². The number of aryl methyl sites for hydroxylation is 1. The Bertz CT molecular complexity index is 919. The lowest BCUT2D eigenvalue weighted by molar-refractivity contribution is -0.384. The van der Waals surface area contributed by atoms with Gasteiger partial charge in [-0.05, 0) is 36.1 Å². The molecule has 0 radical (unpaired) electrons. The molecule has 0 aliphatic rings. The number of carbonyl (C=O) groups excluding carboxylic acids is 1. The molecule has 3 aromatic rings. The summed E-state index contributed by atoms with van der Waals surface area (Å²) in [6, 6.07) is 14.2. The van der Waals surface area contributed by atoms with Crippen molar-refractivity contribution >= 4 is 38.7 Å². The predicted octanol–water partition coefficient (Wildman–Crippen LogP) is 3.96. The SMILES string of the molecule is Cc1c(C(=O)NCCNc2ccc([N+](=O)[O-])cc2)sc2ccccc12. The number of benzene rings is 2. The van der Waals surface area contributed by atoms with Crippen molar-refractivity contribution in [1.29, 1.82) is 0 Å². The number of non-ortho nitro benzene ring substituents is 1. The van der Waals surface area contributed by atoms with Gasteiger partial charge >= 0.3 is 0 Å². The maximum Gasteiger partial charge on any atom is 0.269 e. The van der Waals surface area contributed by atoms with Crippen molar-refractivity contribution in [3.8, 4) is 0 Å². The number of rotatable bonds is 6. The van der Waals surface area contributed by atoms with E-state index in [0.29, 0.717) is 13.1 Å². The molecular weight excluding hydrogens is 338 g/mol. The normalized spacial score (nSPS) is 10.6. The van der Waals surface area contributed by atoms with Crippen LogP contribution in [0.1, 0.15) is 15.2 Å². The van der Waals surface area contributed by atoms with Crippen LogP contribution in [-0.2, 0) is 0 Å². The Morgan fingerprint density at radius 3 is 2.52 bits per heavy atom. The molecule has 0 bridgehead atoms. The fourth-order valence-electron chi connectivity index (χ4n) is 2.56. The van der Waals surface area contributed by atoms with Crippen molar-refractivity contribution in [2.45, 2.75) is 6.92 Å². The first-order chi connectivity index (χ1) is 12.1. The molecule has 6 nitrogen and oxygen atoms in total. The van der Waals surface area contributed by atoms with Gasteiger partial charge in [0.2, 0.25) is 0 Å². The lowest BCUT2D eigenvalue weighted by atomic mass is 10.1. The Hall–Kier alpha value is -2.93. The minimum Gasteiger partial charge on any atom is -0.383 e. The molecule has 0 unspecified atom stereocenters. The van der Waals surface area contributed by atoms with E-state index in [1.165, 1.54) is 23.5 Å². The predicted molar refractivity (Wildman–Crippen MR) is 100 cm³/mol. The molecule has 25 heavy (non-hydrogen) atoms. The number of nitro groups is 1. The molecule has 2 aromatic carbocycles. The van der Waals surface area contributed by atoms with Crippen molar-refractivity contribution < 1.29 is 9.72 Å². The number of carbonyl (C=O) groups is 1. The van der Waals surface area contributed by atoms with Crippen molar-refractivity contribution in [1.82, 2.24) is 5.32 Å². The minimum atomic E-state index is -0.433. The van der Waals surface area contributed by atoms with Gasteiger partial charge in [0.05, 0.1) is 9.80 Å². The van der Waals surface area contributed by atoms with Crippen molar-refractivity contribution in [2.75, 3.05) is 18.4 Å². The number of thiophene rings is 1. The molecule has 0 saturated carbocycles. The van der Waals surface area contributed by atoms with E-state index >= 15 is 0 Å². The van der Waals surface area contributed by atoms with Crippen LogP contribution in [0, 0.1) is 17.0 Å². The second-order valence-corrected chi connectivity index (χ2v) is 6.59. The Balaban J connectivity index is 1.53. The average Bonchev–Trinajstić information content (AvgIpc) is 2.96. The Labute approximate surface area is 148 Å². The summed E-state index contributed by atoms with van der Waals surface area (Å²) >= 11 is 1.49. The summed E-state index contributed by atoms with van der Waals surface area (Å²) in [6.45, 7) is 2.96. The molecule has 2 N–H and O–H groups in total. The highest BCUT2D eigenvalue weighted by molar-refractivity contribution is 7.21. The molecule has 0 aliphatic carbocycles. The van der Waals surface area contributed by atoms with E-state index in [0.717, 1.165) is 26.2 Å². The fraction of sp³-hybridized carbons (Fsp3) is 0.167. The zero-order valence-electron chi connectivity index (χ0n) is 13.6. The number of hydrogen-bond donors (Lipinski definition) is 2. The molecule has 1 aromatic heterocycles. The number of hydrogen-bond acceptors (Lipinski definition) is 5. The maximum atomic E-state index is 12.4. The first-order valence-electron chi connectivity index (χ1n) is 7.81. The van der Waals surface area contributed by atoms with Crippen LogP contribution in [0.4, 0.5) is 11.4 Å². The van der Waals surface area contributed by atoms with Gasteiger partial charge in [-0.2, -0.15) is 0 Å². The fourth-order valence-corrected chi connectivity index (χ4v) is 3.68. The van der Waals surface area contributed by atoms with Gasteiger partial charge in [-0.15, -0.1) is 11.3 Å². The van der Waals surface area contributed by atoms with E-state index < -0.39 is 4.92 Å². The molecule has 3 rings (SSSR count).